The summed E-state index contributed by atoms with van der Waals surface area (Å²) >= 11 is 3.49. The van der Waals surface area contributed by atoms with Crippen LogP contribution in [0.25, 0.3) is 0 Å². The normalized spacial score (nSPS) is 10.4. The van der Waals surface area contributed by atoms with Crippen molar-refractivity contribution < 1.29 is 0 Å². The zero-order valence-electron chi connectivity index (χ0n) is 7.68. The summed E-state index contributed by atoms with van der Waals surface area (Å²) in [5, 5.41) is 11.3. The molecule has 5 heteroatoms. The monoisotopic (exact) mass is 252 g/mol. The second-order valence-corrected chi connectivity index (χ2v) is 3.84. The molecule has 0 saturated heterocycles. The van der Waals surface area contributed by atoms with Crippen LogP contribution in [0, 0.1) is 0 Å². The molecule has 0 bridgehead atoms. The van der Waals surface area contributed by atoms with Gasteiger partial charge in [-0.25, -0.2) is 4.68 Å². The van der Waals surface area contributed by atoms with E-state index in [-0.39, 0.29) is 0 Å². The maximum Gasteiger partial charge on any atom is 0.155 e. The van der Waals surface area contributed by atoms with Crippen LogP contribution < -0.4 is 0 Å². The van der Waals surface area contributed by atoms with E-state index in [2.05, 4.69) is 37.5 Å². The van der Waals surface area contributed by atoms with E-state index >= 15 is 0 Å². The van der Waals surface area contributed by atoms with Crippen molar-refractivity contribution in [3.8, 4) is 0 Å². The summed E-state index contributed by atoms with van der Waals surface area (Å²) in [6.07, 6.45) is 0.741. The molecule has 0 aliphatic rings. The average Bonchev–Trinajstić information content (AvgIpc) is 2.56. The van der Waals surface area contributed by atoms with Crippen LogP contribution in [-0.2, 0) is 13.5 Å². The van der Waals surface area contributed by atoms with Gasteiger partial charge in [0.15, 0.2) is 5.82 Å². The van der Waals surface area contributed by atoms with Crippen LogP contribution in [0.4, 0.5) is 0 Å². The van der Waals surface area contributed by atoms with Crippen molar-refractivity contribution in [2.24, 2.45) is 7.05 Å². The Hall–Kier alpha value is -1.23. The molecule has 0 amide bonds. The van der Waals surface area contributed by atoms with E-state index in [0.29, 0.717) is 0 Å². The van der Waals surface area contributed by atoms with Gasteiger partial charge < -0.3 is 0 Å². The number of rotatable bonds is 2. The molecule has 14 heavy (non-hydrogen) atoms. The standard InChI is InChI=1S/C9H9BrN4/c1-14-9(11-12-13-14)6-7-4-2-3-5-8(7)10/h2-5H,6H2,1H3. The second kappa shape index (κ2) is 3.88. The summed E-state index contributed by atoms with van der Waals surface area (Å²) in [6.45, 7) is 0. The van der Waals surface area contributed by atoms with Crippen molar-refractivity contribution in [1.82, 2.24) is 20.2 Å². The number of benzene rings is 1. The van der Waals surface area contributed by atoms with Crippen molar-refractivity contribution in [2.75, 3.05) is 0 Å². The molecule has 0 unspecified atom stereocenters. The minimum absolute atomic E-state index is 0.741. The second-order valence-electron chi connectivity index (χ2n) is 2.99. The lowest BCUT2D eigenvalue weighted by atomic mass is 10.1. The van der Waals surface area contributed by atoms with Crippen molar-refractivity contribution in [3.05, 3.63) is 40.1 Å². The Kier molecular flexibility index (Phi) is 2.58. The van der Waals surface area contributed by atoms with Crippen molar-refractivity contribution in [3.63, 3.8) is 0 Å². The Balaban J connectivity index is 2.28. The summed E-state index contributed by atoms with van der Waals surface area (Å²) < 4.78 is 2.77. The minimum atomic E-state index is 0.741. The molecule has 1 heterocycles. The number of nitrogens with zero attached hydrogens (tertiary/aromatic N) is 4. The van der Waals surface area contributed by atoms with E-state index in [1.165, 1.54) is 5.56 Å². The first-order valence-corrected chi connectivity index (χ1v) is 5.01. The highest BCUT2D eigenvalue weighted by Gasteiger charge is 2.05. The van der Waals surface area contributed by atoms with Gasteiger partial charge in [0.05, 0.1) is 0 Å². The number of halogens is 1. The molecule has 1 aromatic heterocycles. The topological polar surface area (TPSA) is 43.6 Å². The summed E-state index contributed by atoms with van der Waals surface area (Å²) in [6, 6.07) is 8.06. The van der Waals surface area contributed by atoms with Gasteiger partial charge in [0.2, 0.25) is 0 Å². The zero-order valence-corrected chi connectivity index (χ0v) is 9.27. The van der Waals surface area contributed by atoms with Gasteiger partial charge in [0.25, 0.3) is 0 Å². The van der Waals surface area contributed by atoms with Crippen LogP contribution in [0.1, 0.15) is 11.4 Å². The third kappa shape index (κ3) is 1.82. The molecule has 72 valence electrons. The van der Waals surface area contributed by atoms with Gasteiger partial charge in [-0.1, -0.05) is 34.1 Å². The van der Waals surface area contributed by atoms with Crippen LogP contribution in [0.2, 0.25) is 0 Å². The molecule has 4 nitrogen and oxygen atoms in total. The van der Waals surface area contributed by atoms with Gasteiger partial charge in [-0.3, -0.25) is 0 Å². The van der Waals surface area contributed by atoms with Gasteiger partial charge in [-0.2, -0.15) is 0 Å². The summed E-state index contributed by atoms with van der Waals surface area (Å²) in [5.74, 6) is 0.858. The summed E-state index contributed by atoms with van der Waals surface area (Å²) in [4.78, 5) is 0. The summed E-state index contributed by atoms with van der Waals surface area (Å²) in [7, 11) is 1.84. The van der Waals surface area contributed by atoms with Gasteiger partial charge in [0.1, 0.15) is 0 Å². The molecule has 0 radical (unpaired) electrons. The smallest absolute Gasteiger partial charge is 0.155 e. The Morgan fingerprint density at radius 2 is 2.14 bits per heavy atom. The van der Waals surface area contributed by atoms with Gasteiger partial charge in [-0.05, 0) is 22.1 Å². The zero-order chi connectivity index (χ0) is 9.97. The summed E-state index contributed by atoms with van der Waals surface area (Å²) in [5.41, 5.74) is 1.19. The minimum Gasteiger partial charge on any atom is -0.232 e. The number of aromatic nitrogens is 4. The average molecular weight is 253 g/mol. The Labute approximate surface area is 90.1 Å². The van der Waals surface area contributed by atoms with E-state index in [0.717, 1.165) is 16.7 Å². The highest BCUT2D eigenvalue weighted by molar-refractivity contribution is 9.10. The lowest BCUT2D eigenvalue weighted by Crippen LogP contribution is -2.00. The van der Waals surface area contributed by atoms with Gasteiger partial charge >= 0.3 is 0 Å². The van der Waals surface area contributed by atoms with Gasteiger partial charge in [-0.15, -0.1) is 5.10 Å². The third-order valence-corrected chi connectivity index (χ3v) is 2.79. The molecule has 2 rings (SSSR count). The van der Waals surface area contributed by atoms with Gasteiger partial charge in [0, 0.05) is 17.9 Å². The van der Waals surface area contributed by atoms with Crippen LogP contribution >= 0.6 is 15.9 Å². The lowest BCUT2D eigenvalue weighted by molar-refractivity contribution is 0.686. The number of tetrazole rings is 1. The third-order valence-electron chi connectivity index (χ3n) is 2.01. The number of aryl methyl sites for hydroxylation is 1. The fourth-order valence-electron chi connectivity index (χ4n) is 1.21. The molecule has 0 atom stereocenters. The SMILES string of the molecule is Cn1nnnc1Cc1ccccc1Br. The molecular formula is C9H9BrN4. The van der Waals surface area contributed by atoms with E-state index in [9.17, 15) is 0 Å². The predicted molar refractivity (Wildman–Crippen MR) is 55.7 cm³/mol. The maximum absolute atomic E-state index is 3.93. The van der Waals surface area contributed by atoms with E-state index in [1.54, 1.807) is 4.68 Å². The molecule has 0 saturated carbocycles. The highest BCUT2D eigenvalue weighted by atomic mass is 79.9. The first-order chi connectivity index (χ1) is 6.77. The molecule has 0 fully saturated rings. The van der Waals surface area contributed by atoms with Crippen molar-refractivity contribution in [2.45, 2.75) is 6.42 Å². The largest absolute Gasteiger partial charge is 0.232 e. The van der Waals surface area contributed by atoms with E-state index in [4.69, 9.17) is 0 Å². The number of hydrogen-bond donors (Lipinski definition) is 0. The molecule has 0 aliphatic heterocycles. The van der Waals surface area contributed by atoms with Crippen molar-refractivity contribution in [1.29, 1.82) is 0 Å². The van der Waals surface area contributed by atoms with Crippen LogP contribution in [-0.4, -0.2) is 20.2 Å². The van der Waals surface area contributed by atoms with E-state index in [1.807, 2.05) is 25.2 Å². The predicted octanol–water partition coefficient (Wildman–Crippen LogP) is 1.56. The van der Waals surface area contributed by atoms with E-state index < -0.39 is 0 Å². The number of hydrogen-bond acceptors (Lipinski definition) is 3. The Morgan fingerprint density at radius 1 is 1.36 bits per heavy atom. The molecular weight excluding hydrogens is 244 g/mol. The molecule has 0 aliphatic carbocycles. The quantitative estimate of drug-likeness (QED) is 0.815. The first-order valence-electron chi connectivity index (χ1n) is 4.22. The first kappa shape index (κ1) is 9.33. The van der Waals surface area contributed by atoms with Crippen molar-refractivity contribution >= 4 is 15.9 Å². The maximum atomic E-state index is 3.93. The lowest BCUT2D eigenvalue weighted by Gasteiger charge is -2.01. The fraction of sp³-hybridized carbons (Fsp3) is 0.222. The van der Waals surface area contributed by atoms with Crippen LogP contribution in [0.5, 0.6) is 0 Å². The Morgan fingerprint density at radius 3 is 2.79 bits per heavy atom. The molecule has 0 N–H and O–H groups in total. The van der Waals surface area contributed by atoms with Crippen LogP contribution in [0.3, 0.4) is 0 Å². The Bertz CT molecular complexity index is 438. The fourth-order valence-corrected chi connectivity index (χ4v) is 1.63. The molecule has 0 spiro atoms. The molecule has 1 aromatic carbocycles. The van der Waals surface area contributed by atoms with Crippen LogP contribution in [0.15, 0.2) is 28.7 Å². The molecule has 2 aromatic rings. The highest BCUT2D eigenvalue weighted by Crippen LogP contribution is 2.17.